The number of hydrogen-bond donors (Lipinski definition) is 0. The Bertz CT molecular complexity index is 353. The molecule has 0 saturated carbocycles. The molecule has 0 N–H and O–H groups in total. The molecule has 2 rings (SSSR count). The predicted octanol–water partition coefficient (Wildman–Crippen LogP) is 1.42. The smallest absolute Gasteiger partial charge is 0.141 e. The highest BCUT2D eigenvalue weighted by Gasteiger charge is 2.29. The van der Waals surface area contributed by atoms with Crippen LogP contribution in [-0.4, -0.2) is 23.2 Å². The Morgan fingerprint density at radius 2 is 2.54 bits per heavy atom. The zero-order valence-electron chi connectivity index (χ0n) is 7.20. The zero-order chi connectivity index (χ0) is 9.42. The van der Waals surface area contributed by atoms with E-state index in [0.29, 0.717) is 5.15 Å². The molecule has 0 amide bonds. The number of aromatic nitrogens is 1. The third-order valence-corrected chi connectivity index (χ3v) is 2.65. The molecular weight excluding hydrogens is 188 g/mol. The Balaban J connectivity index is 2.55. The van der Waals surface area contributed by atoms with E-state index in [2.05, 4.69) is 4.98 Å². The molecule has 1 unspecified atom stereocenters. The van der Waals surface area contributed by atoms with Gasteiger partial charge in [0.05, 0.1) is 6.04 Å². The quantitative estimate of drug-likeness (QED) is 0.503. The summed E-state index contributed by atoms with van der Waals surface area (Å²) in [6.07, 6.45) is 2.57. The van der Waals surface area contributed by atoms with Gasteiger partial charge in [-0.25, -0.2) is 4.98 Å². The van der Waals surface area contributed by atoms with E-state index in [-0.39, 0.29) is 6.04 Å². The molecule has 0 aliphatic carbocycles. The maximum absolute atomic E-state index is 10.8. The molecule has 68 valence electrons. The fourth-order valence-electron chi connectivity index (χ4n) is 1.69. The lowest BCUT2D eigenvalue weighted by Crippen LogP contribution is -2.17. The summed E-state index contributed by atoms with van der Waals surface area (Å²) >= 11 is 5.91. The number of carbonyl (C=O) groups excluding carboxylic acids is 1. The van der Waals surface area contributed by atoms with Crippen LogP contribution in [0, 0.1) is 0 Å². The predicted molar refractivity (Wildman–Crippen MR) is 49.5 cm³/mol. The van der Waals surface area contributed by atoms with Gasteiger partial charge in [0.2, 0.25) is 0 Å². The largest absolute Gasteiger partial charge is 0.301 e. The van der Waals surface area contributed by atoms with E-state index < -0.39 is 0 Å². The summed E-state index contributed by atoms with van der Waals surface area (Å²) in [7, 11) is 1.90. The van der Waals surface area contributed by atoms with Crippen molar-refractivity contribution < 1.29 is 4.79 Å². The van der Waals surface area contributed by atoms with Crippen molar-refractivity contribution in [3.8, 4) is 0 Å². The van der Waals surface area contributed by atoms with Crippen LogP contribution >= 0.6 is 11.6 Å². The first kappa shape index (κ1) is 8.66. The number of fused-ring (bicyclic) bond motifs is 1. The van der Waals surface area contributed by atoms with Gasteiger partial charge in [0.25, 0.3) is 0 Å². The number of pyridine rings is 1. The van der Waals surface area contributed by atoms with E-state index in [1.165, 1.54) is 0 Å². The molecule has 4 heteroatoms. The van der Waals surface area contributed by atoms with Gasteiger partial charge in [0, 0.05) is 18.3 Å². The van der Waals surface area contributed by atoms with E-state index in [1.807, 2.05) is 18.0 Å². The van der Waals surface area contributed by atoms with E-state index in [1.54, 1.807) is 6.20 Å². The van der Waals surface area contributed by atoms with Crippen molar-refractivity contribution in [3.05, 3.63) is 28.5 Å². The molecule has 0 fully saturated rings. The summed E-state index contributed by atoms with van der Waals surface area (Å²) < 4.78 is 0. The molecule has 0 aromatic carbocycles. The minimum absolute atomic E-state index is 0.226. The second-order valence-electron chi connectivity index (χ2n) is 3.17. The summed E-state index contributed by atoms with van der Waals surface area (Å²) in [6, 6.07) is 1.68. The molecular formula is C9H9ClN2O. The summed E-state index contributed by atoms with van der Waals surface area (Å²) in [4.78, 5) is 16.7. The number of carbonyl (C=O) groups is 1. The molecule has 1 aromatic rings. The normalized spacial score (nSPS) is 21.5. The van der Waals surface area contributed by atoms with E-state index >= 15 is 0 Å². The summed E-state index contributed by atoms with van der Waals surface area (Å²) in [5.41, 5.74) is 1.96. The third-order valence-electron chi connectivity index (χ3n) is 2.35. The first-order chi connectivity index (χ1) is 6.24. The van der Waals surface area contributed by atoms with Crippen molar-refractivity contribution in [1.82, 2.24) is 9.88 Å². The molecule has 13 heavy (non-hydrogen) atoms. The number of hydrogen-bond acceptors (Lipinski definition) is 3. The van der Waals surface area contributed by atoms with Crippen molar-refractivity contribution in [2.24, 2.45) is 0 Å². The monoisotopic (exact) mass is 196 g/mol. The fourth-order valence-corrected chi connectivity index (χ4v) is 1.98. The van der Waals surface area contributed by atoms with Crippen LogP contribution in [0.1, 0.15) is 17.2 Å². The van der Waals surface area contributed by atoms with Gasteiger partial charge in [0.15, 0.2) is 0 Å². The SMILES string of the molecule is CN1Cc2ccnc(Cl)c2C1C=O. The Kier molecular flexibility index (Phi) is 2.06. The molecule has 1 atom stereocenters. The first-order valence-electron chi connectivity index (χ1n) is 4.03. The average Bonchev–Trinajstić information content (AvgIpc) is 2.42. The first-order valence-corrected chi connectivity index (χ1v) is 4.40. The zero-order valence-corrected chi connectivity index (χ0v) is 7.95. The van der Waals surface area contributed by atoms with Gasteiger partial charge in [-0.3, -0.25) is 4.90 Å². The van der Waals surface area contributed by atoms with Crippen LogP contribution in [0.3, 0.4) is 0 Å². The maximum Gasteiger partial charge on any atom is 0.141 e. The highest BCUT2D eigenvalue weighted by Crippen LogP contribution is 2.34. The minimum Gasteiger partial charge on any atom is -0.301 e. The lowest BCUT2D eigenvalue weighted by molar-refractivity contribution is -0.111. The van der Waals surface area contributed by atoms with Gasteiger partial charge in [-0.2, -0.15) is 0 Å². The van der Waals surface area contributed by atoms with Crippen LogP contribution in [-0.2, 0) is 11.3 Å². The van der Waals surface area contributed by atoms with Gasteiger partial charge in [0.1, 0.15) is 11.4 Å². The standard InChI is InChI=1S/C9H9ClN2O/c1-12-4-6-2-3-11-9(10)8(6)7(12)5-13/h2-3,5,7H,4H2,1H3. The molecule has 0 saturated heterocycles. The number of rotatable bonds is 1. The van der Waals surface area contributed by atoms with Gasteiger partial charge < -0.3 is 4.79 Å². The molecule has 1 aliphatic heterocycles. The lowest BCUT2D eigenvalue weighted by Gasteiger charge is -2.13. The third kappa shape index (κ3) is 1.24. The minimum atomic E-state index is -0.226. The van der Waals surface area contributed by atoms with Crippen molar-refractivity contribution >= 4 is 17.9 Å². The number of likely N-dealkylation sites (N-methyl/N-ethyl adjacent to an activating group) is 1. The topological polar surface area (TPSA) is 33.2 Å². The van der Waals surface area contributed by atoms with E-state index in [9.17, 15) is 4.79 Å². The maximum atomic E-state index is 10.8. The Hall–Kier alpha value is -0.930. The second kappa shape index (κ2) is 3.09. The number of nitrogens with zero attached hydrogens (tertiary/aromatic N) is 2. The van der Waals surface area contributed by atoms with E-state index in [0.717, 1.165) is 24.0 Å². The van der Waals surface area contributed by atoms with Crippen molar-refractivity contribution in [3.63, 3.8) is 0 Å². The molecule has 0 radical (unpaired) electrons. The van der Waals surface area contributed by atoms with Gasteiger partial charge in [-0.05, 0) is 18.7 Å². The molecule has 1 aliphatic rings. The van der Waals surface area contributed by atoms with Crippen LogP contribution in [0.2, 0.25) is 5.15 Å². The summed E-state index contributed by atoms with van der Waals surface area (Å²) in [5.74, 6) is 0. The molecule has 0 bridgehead atoms. The van der Waals surface area contributed by atoms with Crippen LogP contribution in [0.15, 0.2) is 12.3 Å². The van der Waals surface area contributed by atoms with Crippen molar-refractivity contribution in [2.45, 2.75) is 12.6 Å². The molecule has 0 spiro atoms. The number of halogens is 1. The highest BCUT2D eigenvalue weighted by molar-refractivity contribution is 6.30. The van der Waals surface area contributed by atoms with Crippen molar-refractivity contribution in [2.75, 3.05) is 7.05 Å². The summed E-state index contributed by atoms with van der Waals surface area (Å²) in [6.45, 7) is 0.765. The molecule has 2 heterocycles. The summed E-state index contributed by atoms with van der Waals surface area (Å²) in [5, 5.41) is 0.443. The Labute approximate surface area is 81.3 Å². The van der Waals surface area contributed by atoms with Crippen molar-refractivity contribution in [1.29, 1.82) is 0 Å². The average molecular weight is 197 g/mol. The highest BCUT2D eigenvalue weighted by atomic mass is 35.5. The lowest BCUT2D eigenvalue weighted by atomic mass is 10.1. The van der Waals surface area contributed by atoms with Crippen LogP contribution in [0.5, 0.6) is 0 Å². The van der Waals surface area contributed by atoms with Gasteiger partial charge >= 0.3 is 0 Å². The van der Waals surface area contributed by atoms with Gasteiger partial charge in [-0.1, -0.05) is 11.6 Å². The molecule has 3 nitrogen and oxygen atoms in total. The number of aldehydes is 1. The second-order valence-corrected chi connectivity index (χ2v) is 3.53. The molecule has 1 aromatic heterocycles. The Morgan fingerprint density at radius 3 is 3.23 bits per heavy atom. The van der Waals surface area contributed by atoms with Crippen LogP contribution in [0.25, 0.3) is 0 Å². The van der Waals surface area contributed by atoms with Crippen LogP contribution in [0.4, 0.5) is 0 Å². The Morgan fingerprint density at radius 1 is 1.77 bits per heavy atom. The van der Waals surface area contributed by atoms with Gasteiger partial charge in [-0.15, -0.1) is 0 Å². The van der Waals surface area contributed by atoms with E-state index in [4.69, 9.17) is 11.6 Å². The van der Waals surface area contributed by atoms with Crippen LogP contribution < -0.4 is 0 Å². The fraction of sp³-hybridized carbons (Fsp3) is 0.333.